The second-order valence-corrected chi connectivity index (χ2v) is 6.17. The highest BCUT2D eigenvalue weighted by molar-refractivity contribution is 9.10. The lowest BCUT2D eigenvalue weighted by atomic mass is 9.94. The summed E-state index contributed by atoms with van der Waals surface area (Å²) >= 11 is 4.89. The molecule has 4 heteroatoms. The van der Waals surface area contributed by atoms with Gasteiger partial charge in [-0.15, -0.1) is 11.3 Å². The Morgan fingerprint density at radius 2 is 2.17 bits per heavy atom. The molecule has 2 nitrogen and oxygen atoms in total. The standard InChI is InChI=1S/C14H9BrO2S/c15-9-3-1-2-8(6-9)13(16)11-7-12-10(14(11)17)4-5-18-12/h1-6,11H,7H2. The number of hydrogen-bond acceptors (Lipinski definition) is 3. The van der Waals surface area contributed by atoms with Gasteiger partial charge >= 0.3 is 0 Å². The van der Waals surface area contributed by atoms with Crippen molar-refractivity contribution in [3.63, 3.8) is 0 Å². The fraction of sp³-hybridized carbons (Fsp3) is 0.143. The first-order valence-electron chi connectivity index (χ1n) is 5.57. The van der Waals surface area contributed by atoms with Crippen LogP contribution in [0.1, 0.15) is 25.6 Å². The van der Waals surface area contributed by atoms with Crippen LogP contribution in [-0.4, -0.2) is 11.6 Å². The Labute approximate surface area is 117 Å². The van der Waals surface area contributed by atoms with Crippen LogP contribution in [0.4, 0.5) is 0 Å². The van der Waals surface area contributed by atoms with Gasteiger partial charge in [0.05, 0.1) is 5.92 Å². The molecule has 2 aromatic rings. The fourth-order valence-corrected chi connectivity index (χ4v) is 3.56. The second-order valence-electron chi connectivity index (χ2n) is 4.25. The SMILES string of the molecule is O=C(c1cccc(Br)c1)C1Cc2sccc2C1=O. The highest BCUT2D eigenvalue weighted by atomic mass is 79.9. The minimum absolute atomic E-state index is 0.0313. The molecule has 0 N–H and O–H groups in total. The number of ketones is 2. The molecule has 90 valence electrons. The zero-order chi connectivity index (χ0) is 12.7. The number of carbonyl (C=O) groups is 2. The minimum atomic E-state index is -0.526. The third kappa shape index (κ3) is 1.85. The Morgan fingerprint density at radius 3 is 2.89 bits per heavy atom. The van der Waals surface area contributed by atoms with Crippen LogP contribution in [-0.2, 0) is 6.42 Å². The normalized spacial score (nSPS) is 17.8. The minimum Gasteiger partial charge on any atom is -0.293 e. The molecule has 0 spiro atoms. The average Bonchev–Trinajstić information content (AvgIpc) is 2.92. The fourth-order valence-electron chi connectivity index (χ4n) is 2.24. The molecule has 1 unspecified atom stereocenters. The third-order valence-electron chi connectivity index (χ3n) is 3.14. The molecular weight excluding hydrogens is 312 g/mol. The number of thiophene rings is 1. The number of halogens is 1. The van der Waals surface area contributed by atoms with Crippen molar-refractivity contribution >= 4 is 38.8 Å². The number of carbonyl (C=O) groups excluding carboxylic acids is 2. The van der Waals surface area contributed by atoms with Crippen LogP contribution in [0, 0.1) is 5.92 Å². The number of hydrogen-bond donors (Lipinski definition) is 0. The van der Waals surface area contributed by atoms with E-state index >= 15 is 0 Å². The van der Waals surface area contributed by atoms with Crippen LogP contribution < -0.4 is 0 Å². The Balaban J connectivity index is 1.92. The first kappa shape index (κ1) is 11.8. The zero-order valence-corrected chi connectivity index (χ0v) is 11.8. The molecule has 1 aromatic heterocycles. The van der Waals surface area contributed by atoms with Crippen molar-refractivity contribution in [2.45, 2.75) is 6.42 Å². The van der Waals surface area contributed by atoms with E-state index in [4.69, 9.17) is 0 Å². The first-order valence-corrected chi connectivity index (χ1v) is 7.24. The van der Waals surface area contributed by atoms with Crippen molar-refractivity contribution < 1.29 is 9.59 Å². The molecule has 0 bridgehead atoms. The van der Waals surface area contributed by atoms with Crippen molar-refractivity contribution in [2.75, 3.05) is 0 Å². The Bertz CT molecular complexity index is 645. The van der Waals surface area contributed by atoms with E-state index in [1.54, 1.807) is 23.5 Å². The summed E-state index contributed by atoms with van der Waals surface area (Å²) in [7, 11) is 0. The largest absolute Gasteiger partial charge is 0.293 e. The molecule has 18 heavy (non-hydrogen) atoms. The molecule has 1 aliphatic carbocycles. The van der Waals surface area contributed by atoms with Gasteiger partial charge in [0.1, 0.15) is 0 Å². The first-order chi connectivity index (χ1) is 8.66. The Morgan fingerprint density at radius 1 is 1.33 bits per heavy atom. The summed E-state index contributed by atoms with van der Waals surface area (Å²) in [5, 5.41) is 1.91. The molecule has 0 fully saturated rings. The van der Waals surface area contributed by atoms with Gasteiger partial charge in [-0.3, -0.25) is 9.59 Å². The van der Waals surface area contributed by atoms with Crippen LogP contribution >= 0.6 is 27.3 Å². The summed E-state index contributed by atoms with van der Waals surface area (Å²) in [5.41, 5.74) is 1.33. The number of rotatable bonds is 2. The van der Waals surface area contributed by atoms with Gasteiger partial charge < -0.3 is 0 Å². The summed E-state index contributed by atoms with van der Waals surface area (Å²) in [4.78, 5) is 25.5. The molecule has 0 radical (unpaired) electrons. The highest BCUT2D eigenvalue weighted by Gasteiger charge is 2.36. The highest BCUT2D eigenvalue weighted by Crippen LogP contribution is 2.33. The van der Waals surface area contributed by atoms with Gasteiger partial charge in [-0.25, -0.2) is 0 Å². The molecule has 1 aliphatic rings. The summed E-state index contributed by atoms with van der Waals surface area (Å²) < 4.78 is 0.855. The number of benzene rings is 1. The molecule has 0 saturated carbocycles. The lowest BCUT2D eigenvalue weighted by Crippen LogP contribution is -2.20. The smallest absolute Gasteiger partial charge is 0.175 e. The van der Waals surface area contributed by atoms with Gasteiger partial charge in [0, 0.05) is 20.5 Å². The second kappa shape index (κ2) is 4.44. The molecule has 0 saturated heterocycles. The van der Waals surface area contributed by atoms with Crippen molar-refractivity contribution in [1.29, 1.82) is 0 Å². The van der Waals surface area contributed by atoms with Crippen LogP contribution in [0.2, 0.25) is 0 Å². The van der Waals surface area contributed by atoms with E-state index in [2.05, 4.69) is 15.9 Å². The van der Waals surface area contributed by atoms with Crippen molar-refractivity contribution in [3.8, 4) is 0 Å². The van der Waals surface area contributed by atoms with E-state index < -0.39 is 5.92 Å². The summed E-state index contributed by atoms with van der Waals surface area (Å²) in [5.74, 6) is -0.636. The quantitative estimate of drug-likeness (QED) is 0.624. The van der Waals surface area contributed by atoms with Gasteiger partial charge in [-0.2, -0.15) is 0 Å². The van der Waals surface area contributed by atoms with Crippen molar-refractivity contribution in [3.05, 3.63) is 56.2 Å². The summed E-state index contributed by atoms with van der Waals surface area (Å²) in [6, 6.07) is 9.02. The Kier molecular flexibility index (Phi) is 2.92. The number of fused-ring (bicyclic) bond motifs is 1. The molecule has 1 atom stereocenters. The predicted octanol–water partition coefficient (Wildman–Crippen LogP) is 3.75. The Hall–Kier alpha value is -1.26. The van der Waals surface area contributed by atoms with E-state index in [1.807, 2.05) is 23.6 Å². The van der Waals surface area contributed by atoms with E-state index in [9.17, 15) is 9.59 Å². The third-order valence-corrected chi connectivity index (χ3v) is 4.58. The monoisotopic (exact) mass is 320 g/mol. The maximum atomic E-state index is 12.3. The van der Waals surface area contributed by atoms with E-state index in [0.717, 1.165) is 14.9 Å². The van der Waals surface area contributed by atoms with Crippen LogP contribution in [0.25, 0.3) is 0 Å². The van der Waals surface area contributed by atoms with E-state index in [1.165, 1.54) is 0 Å². The van der Waals surface area contributed by atoms with Crippen LogP contribution in [0.15, 0.2) is 40.2 Å². The zero-order valence-electron chi connectivity index (χ0n) is 9.35. The molecule has 0 amide bonds. The summed E-state index contributed by atoms with van der Waals surface area (Å²) in [6.07, 6.45) is 0.553. The van der Waals surface area contributed by atoms with Crippen LogP contribution in [0.5, 0.6) is 0 Å². The van der Waals surface area contributed by atoms with E-state index in [0.29, 0.717) is 12.0 Å². The van der Waals surface area contributed by atoms with Gasteiger partial charge in [-0.05, 0) is 30.0 Å². The predicted molar refractivity (Wildman–Crippen MR) is 74.3 cm³/mol. The molecule has 1 heterocycles. The molecule has 0 aliphatic heterocycles. The topological polar surface area (TPSA) is 34.1 Å². The average molecular weight is 321 g/mol. The van der Waals surface area contributed by atoms with E-state index in [-0.39, 0.29) is 11.6 Å². The van der Waals surface area contributed by atoms with Gasteiger partial charge in [0.2, 0.25) is 0 Å². The van der Waals surface area contributed by atoms with Crippen molar-refractivity contribution in [1.82, 2.24) is 0 Å². The number of Topliss-reactive ketones (excluding diaryl/α,β-unsaturated/α-hetero) is 2. The maximum absolute atomic E-state index is 12.3. The van der Waals surface area contributed by atoms with Crippen LogP contribution in [0.3, 0.4) is 0 Å². The lowest BCUT2D eigenvalue weighted by molar-refractivity contribution is 0.0822. The molecule has 1 aromatic carbocycles. The van der Waals surface area contributed by atoms with Gasteiger partial charge in [-0.1, -0.05) is 28.1 Å². The van der Waals surface area contributed by atoms with Gasteiger partial charge in [0.15, 0.2) is 11.6 Å². The molecular formula is C14H9BrO2S. The lowest BCUT2D eigenvalue weighted by Gasteiger charge is -2.07. The maximum Gasteiger partial charge on any atom is 0.175 e. The van der Waals surface area contributed by atoms with Crippen molar-refractivity contribution in [2.24, 2.45) is 5.92 Å². The summed E-state index contributed by atoms with van der Waals surface area (Å²) in [6.45, 7) is 0. The van der Waals surface area contributed by atoms with Gasteiger partial charge in [0.25, 0.3) is 0 Å². The molecule has 3 rings (SSSR count).